The summed E-state index contributed by atoms with van der Waals surface area (Å²) in [7, 11) is -3.58. The summed E-state index contributed by atoms with van der Waals surface area (Å²) >= 11 is 0. The van der Waals surface area contributed by atoms with Gasteiger partial charge in [0.15, 0.2) is 5.03 Å². The molecule has 8 nitrogen and oxygen atoms in total. The molecule has 0 fully saturated rings. The SMILES string of the molecule is NC(=O)NCCNS(=O)(=O)c1ccn[nH]1. The fraction of sp³-hybridized carbons (Fsp3) is 0.333. The number of aromatic amines is 1. The zero-order valence-corrected chi connectivity index (χ0v) is 8.54. The minimum atomic E-state index is -3.58. The Kier molecular flexibility index (Phi) is 3.63. The molecule has 0 aliphatic carbocycles. The summed E-state index contributed by atoms with van der Waals surface area (Å²) in [6.45, 7) is 0.187. The highest BCUT2D eigenvalue weighted by Crippen LogP contribution is 2.00. The highest BCUT2D eigenvalue weighted by molar-refractivity contribution is 7.89. The van der Waals surface area contributed by atoms with E-state index in [2.05, 4.69) is 20.2 Å². The molecule has 0 bridgehead atoms. The van der Waals surface area contributed by atoms with Crippen LogP contribution < -0.4 is 15.8 Å². The van der Waals surface area contributed by atoms with Crippen LogP contribution in [0.15, 0.2) is 17.3 Å². The molecular formula is C6H11N5O3S. The largest absolute Gasteiger partial charge is 0.352 e. The maximum Gasteiger partial charge on any atom is 0.312 e. The standard InChI is InChI=1S/C6H11N5O3S/c7-6(12)8-3-4-10-15(13,14)5-1-2-9-11-5/h1-2,10H,3-4H2,(H,9,11)(H3,7,8,12). The molecule has 84 valence electrons. The first-order valence-electron chi connectivity index (χ1n) is 4.05. The summed E-state index contributed by atoms with van der Waals surface area (Å²) in [6.07, 6.45) is 1.33. The molecule has 0 spiro atoms. The van der Waals surface area contributed by atoms with Crippen LogP contribution in [0.2, 0.25) is 0 Å². The van der Waals surface area contributed by atoms with Crippen molar-refractivity contribution in [1.82, 2.24) is 20.2 Å². The van der Waals surface area contributed by atoms with Gasteiger partial charge in [0.25, 0.3) is 10.0 Å². The minimum absolute atomic E-state index is 0.0263. The first kappa shape index (κ1) is 11.5. The van der Waals surface area contributed by atoms with E-state index in [1.54, 1.807) is 0 Å². The van der Waals surface area contributed by atoms with Crippen molar-refractivity contribution in [3.05, 3.63) is 12.3 Å². The number of amides is 2. The van der Waals surface area contributed by atoms with Gasteiger partial charge in [0.05, 0.1) is 6.20 Å². The van der Waals surface area contributed by atoms with E-state index in [1.807, 2.05) is 0 Å². The Labute approximate surface area is 86.3 Å². The number of aromatic nitrogens is 2. The van der Waals surface area contributed by atoms with E-state index in [9.17, 15) is 13.2 Å². The molecular weight excluding hydrogens is 222 g/mol. The number of rotatable bonds is 5. The first-order valence-corrected chi connectivity index (χ1v) is 5.53. The first-order chi connectivity index (χ1) is 7.02. The molecule has 0 unspecified atom stereocenters. The Bertz CT molecular complexity index is 412. The molecule has 1 heterocycles. The monoisotopic (exact) mass is 233 g/mol. The summed E-state index contributed by atoms with van der Waals surface area (Å²) in [4.78, 5) is 10.3. The molecule has 0 saturated carbocycles. The lowest BCUT2D eigenvalue weighted by Gasteiger charge is -2.04. The number of urea groups is 1. The van der Waals surface area contributed by atoms with Gasteiger partial charge in [0.2, 0.25) is 0 Å². The van der Waals surface area contributed by atoms with E-state index in [0.29, 0.717) is 0 Å². The van der Waals surface area contributed by atoms with Gasteiger partial charge in [-0.2, -0.15) is 5.10 Å². The van der Waals surface area contributed by atoms with E-state index >= 15 is 0 Å². The third-order valence-corrected chi connectivity index (χ3v) is 2.87. The number of hydrogen-bond acceptors (Lipinski definition) is 4. The normalized spacial score (nSPS) is 11.2. The molecule has 1 aromatic heterocycles. The topological polar surface area (TPSA) is 130 Å². The maximum atomic E-state index is 11.4. The van der Waals surface area contributed by atoms with Crippen molar-refractivity contribution in [2.75, 3.05) is 13.1 Å². The van der Waals surface area contributed by atoms with Gasteiger partial charge in [0.1, 0.15) is 0 Å². The Balaban J connectivity index is 2.42. The zero-order valence-electron chi connectivity index (χ0n) is 7.73. The number of carbonyl (C=O) groups is 1. The Hall–Kier alpha value is -1.61. The van der Waals surface area contributed by atoms with Crippen molar-refractivity contribution < 1.29 is 13.2 Å². The van der Waals surface area contributed by atoms with Crippen LogP contribution in [0.1, 0.15) is 0 Å². The van der Waals surface area contributed by atoms with Gasteiger partial charge in [-0.25, -0.2) is 17.9 Å². The van der Waals surface area contributed by atoms with E-state index < -0.39 is 16.1 Å². The van der Waals surface area contributed by atoms with Crippen LogP contribution in [0.25, 0.3) is 0 Å². The lowest BCUT2D eigenvalue weighted by atomic mass is 10.6. The summed E-state index contributed by atoms with van der Waals surface area (Å²) in [5.74, 6) is 0. The molecule has 5 N–H and O–H groups in total. The lowest BCUT2D eigenvalue weighted by molar-refractivity contribution is 0.249. The summed E-state index contributed by atoms with van der Waals surface area (Å²) in [6, 6.07) is 0.625. The number of sulfonamides is 1. The average Bonchev–Trinajstić information content (AvgIpc) is 2.65. The third kappa shape index (κ3) is 3.56. The number of H-pyrrole nitrogens is 1. The molecule has 0 aliphatic rings. The summed E-state index contributed by atoms with van der Waals surface area (Å²) in [5.41, 5.74) is 4.79. The van der Waals surface area contributed by atoms with Gasteiger partial charge < -0.3 is 11.1 Å². The second kappa shape index (κ2) is 4.75. The minimum Gasteiger partial charge on any atom is -0.352 e. The highest BCUT2D eigenvalue weighted by Gasteiger charge is 2.13. The molecule has 1 aromatic rings. The number of nitrogens with one attached hydrogen (secondary N) is 3. The number of primary amides is 1. The van der Waals surface area contributed by atoms with Crippen molar-refractivity contribution >= 4 is 16.1 Å². The van der Waals surface area contributed by atoms with Crippen LogP contribution in [-0.2, 0) is 10.0 Å². The van der Waals surface area contributed by atoms with Crippen molar-refractivity contribution in [3.8, 4) is 0 Å². The Morgan fingerprint density at radius 3 is 2.80 bits per heavy atom. The van der Waals surface area contributed by atoms with Gasteiger partial charge in [-0.05, 0) is 6.07 Å². The smallest absolute Gasteiger partial charge is 0.312 e. The fourth-order valence-electron chi connectivity index (χ4n) is 0.842. The maximum absolute atomic E-state index is 11.4. The molecule has 0 radical (unpaired) electrons. The van der Waals surface area contributed by atoms with Gasteiger partial charge >= 0.3 is 6.03 Å². The number of hydrogen-bond donors (Lipinski definition) is 4. The average molecular weight is 233 g/mol. The Morgan fingerprint density at radius 1 is 1.53 bits per heavy atom. The summed E-state index contributed by atoms with van der Waals surface area (Å²) in [5, 5.41) is 8.05. The molecule has 0 saturated heterocycles. The van der Waals surface area contributed by atoms with Crippen molar-refractivity contribution in [1.29, 1.82) is 0 Å². The number of nitrogens with zero attached hydrogens (tertiary/aromatic N) is 1. The van der Waals surface area contributed by atoms with Crippen molar-refractivity contribution in [2.24, 2.45) is 5.73 Å². The van der Waals surface area contributed by atoms with Gasteiger partial charge in [-0.1, -0.05) is 0 Å². The molecule has 0 atom stereocenters. The molecule has 1 rings (SSSR count). The van der Waals surface area contributed by atoms with Crippen LogP contribution in [0.5, 0.6) is 0 Å². The van der Waals surface area contributed by atoms with Crippen molar-refractivity contribution in [2.45, 2.75) is 5.03 Å². The molecule has 2 amide bonds. The predicted octanol–water partition coefficient (Wildman–Crippen LogP) is -1.64. The molecule has 15 heavy (non-hydrogen) atoms. The zero-order chi connectivity index (χ0) is 11.3. The van der Waals surface area contributed by atoms with Gasteiger partial charge in [-0.3, -0.25) is 5.10 Å². The second-order valence-corrected chi connectivity index (χ2v) is 4.35. The highest BCUT2D eigenvalue weighted by atomic mass is 32.2. The second-order valence-electron chi connectivity index (χ2n) is 2.61. The van der Waals surface area contributed by atoms with Crippen LogP contribution in [0.4, 0.5) is 4.79 Å². The van der Waals surface area contributed by atoms with Gasteiger partial charge in [-0.15, -0.1) is 0 Å². The van der Waals surface area contributed by atoms with Crippen LogP contribution in [0.3, 0.4) is 0 Å². The van der Waals surface area contributed by atoms with Gasteiger partial charge in [0, 0.05) is 13.1 Å². The van der Waals surface area contributed by atoms with Crippen LogP contribution in [0, 0.1) is 0 Å². The summed E-state index contributed by atoms with van der Waals surface area (Å²) < 4.78 is 25.1. The quantitative estimate of drug-likeness (QED) is 0.454. The predicted molar refractivity (Wildman–Crippen MR) is 51.4 cm³/mol. The molecule has 0 aliphatic heterocycles. The van der Waals surface area contributed by atoms with E-state index in [-0.39, 0.29) is 18.1 Å². The molecule has 0 aromatic carbocycles. The molecule has 9 heteroatoms. The fourth-order valence-corrected chi connectivity index (χ4v) is 1.78. The van der Waals surface area contributed by atoms with Crippen LogP contribution in [-0.4, -0.2) is 37.7 Å². The van der Waals surface area contributed by atoms with E-state index in [4.69, 9.17) is 5.73 Å². The van der Waals surface area contributed by atoms with Crippen molar-refractivity contribution in [3.63, 3.8) is 0 Å². The Morgan fingerprint density at radius 2 is 2.27 bits per heavy atom. The van der Waals surface area contributed by atoms with E-state index in [1.165, 1.54) is 12.3 Å². The number of nitrogens with two attached hydrogens (primary N) is 1. The lowest BCUT2D eigenvalue weighted by Crippen LogP contribution is -2.37. The van der Waals surface area contributed by atoms with Crippen LogP contribution >= 0.6 is 0 Å². The number of carbonyl (C=O) groups excluding carboxylic acids is 1. The third-order valence-electron chi connectivity index (χ3n) is 1.48. The van der Waals surface area contributed by atoms with E-state index in [0.717, 1.165) is 0 Å².